The third kappa shape index (κ3) is 5.09. The Hall–Kier alpha value is -3.74. The molecule has 0 bridgehead atoms. The molecule has 0 N–H and O–H groups in total. The molecule has 0 fully saturated rings. The van der Waals surface area contributed by atoms with Crippen molar-refractivity contribution in [1.29, 1.82) is 0 Å². The first-order valence-electron chi connectivity index (χ1n) is 11.2. The Balaban J connectivity index is 2.21. The highest BCUT2D eigenvalue weighted by atomic mass is 16.5. The first kappa shape index (κ1) is 24.9. The molecule has 0 saturated heterocycles. The summed E-state index contributed by atoms with van der Waals surface area (Å²) in [5, 5.41) is 0. The van der Waals surface area contributed by atoms with Gasteiger partial charge >= 0.3 is 11.9 Å². The molecule has 1 aliphatic rings. The zero-order chi connectivity index (χ0) is 24.8. The number of hydrogen-bond acceptors (Lipinski definition) is 7. The summed E-state index contributed by atoms with van der Waals surface area (Å²) in [6, 6.07) is 11.3. The first-order valence-corrected chi connectivity index (χ1v) is 11.2. The highest BCUT2D eigenvalue weighted by Gasteiger charge is 2.36. The summed E-state index contributed by atoms with van der Waals surface area (Å²) in [6.07, 6.45) is 3.43. The number of esters is 2. The van der Waals surface area contributed by atoms with Gasteiger partial charge in [0.25, 0.3) is 0 Å². The van der Waals surface area contributed by atoms with E-state index in [1.54, 1.807) is 56.5 Å². The van der Waals surface area contributed by atoms with Crippen molar-refractivity contribution in [3.63, 3.8) is 0 Å². The molecule has 0 aromatic heterocycles. The van der Waals surface area contributed by atoms with Crippen molar-refractivity contribution in [2.24, 2.45) is 0 Å². The predicted molar refractivity (Wildman–Crippen MR) is 130 cm³/mol. The van der Waals surface area contributed by atoms with Gasteiger partial charge in [-0.1, -0.05) is 12.1 Å². The maximum atomic E-state index is 13.1. The SMILES string of the molecule is CCOC(=O)C1=CN(c2ccc(C)c(C)c2)C=C(C(=O)OCC)C1c1ccc(OC)c(OC)c1. The molecule has 34 heavy (non-hydrogen) atoms. The van der Waals surface area contributed by atoms with Crippen LogP contribution in [0.1, 0.15) is 36.5 Å². The van der Waals surface area contributed by atoms with Crippen LogP contribution in [0.2, 0.25) is 0 Å². The van der Waals surface area contributed by atoms with Gasteiger partial charge in [-0.2, -0.15) is 0 Å². The van der Waals surface area contributed by atoms with Gasteiger partial charge in [0, 0.05) is 18.1 Å². The molecule has 0 saturated carbocycles. The van der Waals surface area contributed by atoms with E-state index in [-0.39, 0.29) is 13.2 Å². The van der Waals surface area contributed by atoms with Crippen molar-refractivity contribution in [2.45, 2.75) is 33.6 Å². The summed E-state index contributed by atoms with van der Waals surface area (Å²) in [7, 11) is 3.08. The fourth-order valence-corrected chi connectivity index (χ4v) is 3.85. The predicted octanol–water partition coefficient (Wildman–Crippen LogP) is 4.82. The van der Waals surface area contributed by atoms with Crippen molar-refractivity contribution in [2.75, 3.05) is 32.3 Å². The Morgan fingerprint density at radius 1 is 0.794 bits per heavy atom. The topological polar surface area (TPSA) is 74.3 Å². The van der Waals surface area contributed by atoms with Crippen molar-refractivity contribution >= 4 is 17.6 Å². The van der Waals surface area contributed by atoms with Crippen LogP contribution in [0.5, 0.6) is 11.5 Å². The minimum absolute atomic E-state index is 0.205. The number of carbonyl (C=O) groups excluding carboxylic acids is 2. The zero-order valence-electron chi connectivity index (χ0n) is 20.5. The van der Waals surface area contributed by atoms with E-state index in [1.165, 1.54) is 7.11 Å². The van der Waals surface area contributed by atoms with Crippen molar-refractivity contribution in [3.05, 3.63) is 76.6 Å². The van der Waals surface area contributed by atoms with E-state index in [0.29, 0.717) is 28.2 Å². The number of carbonyl (C=O) groups is 2. The standard InChI is InChI=1S/C27H31NO6/c1-7-33-26(29)21-15-28(20-11-9-17(3)18(4)13-20)16-22(27(30)34-8-2)25(21)19-10-12-23(31-5)24(14-19)32-6/h9-16,25H,7-8H2,1-6H3. The molecule has 1 aliphatic heterocycles. The van der Waals surface area contributed by atoms with Gasteiger partial charge in [-0.15, -0.1) is 0 Å². The first-order chi connectivity index (χ1) is 16.3. The second kappa shape index (κ2) is 10.9. The summed E-state index contributed by atoms with van der Waals surface area (Å²) in [5.74, 6) is -0.692. The zero-order valence-corrected chi connectivity index (χ0v) is 20.5. The van der Waals surface area contributed by atoms with Gasteiger partial charge < -0.3 is 23.8 Å². The third-order valence-electron chi connectivity index (χ3n) is 5.73. The lowest BCUT2D eigenvalue weighted by Gasteiger charge is -2.31. The summed E-state index contributed by atoms with van der Waals surface area (Å²) in [5.41, 5.74) is 4.37. The van der Waals surface area contributed by atoms with E-state index in [1.807, 2.05) is 32.0 Å². The molecule has 0 amide bonds. The van der Waals surface area contributed by atoms with E-state index in [0.717, 1.165) is 16.8 Å². The maximum absolute atomic E-state index is 13.1. The quantitative estimate of drug-likeness (QED) is 0.518. The van der Waals surface area contributed by atoms with Crippen molar-refractivity contribution in [3.8, 4) is 11.5 Å². The molecule has 0 radical (unpaired) electrons. The monoisotopic (exact) mass is 465 g/mol. The number of nitrogens with zero attached hydrogens (tertiary/aromatic N) is 1. The molecule has 0 atom stereocenters. The lowest BCUT2D eigenvalue weighted by molar-refractivity contribution is -0.139. The Morgan fingerprint density at radius 2 is 1.38 bits per heavy atom. The molecule has 3 rings (SSSR count). The fourth-order valence-electron chi connectivity index (χ4n) is 3.85. The minimum Gasteiger partial charge on any atom is -0.493 e. The molecular formula is C27H31NO6. The molecule has 7 heteroatoms. The summed E-state index contributed by atoms with van der Waals surface area (Å²) in [6.45, 7) is 7.95. The molecule has 1 heterocycles. The van der Waals surface area contributed by atoms with Gasteiger partial charge in [-0.25, -0.2) is 9.59 Å². The van der Waals surface area contributed by atoms with Crippen LogP contribution in [-0.4, -0.2) is 39.4 Å². The van der Waals surface area contributed by atoms with Crippen molar-refractivity contribution < 1.29 is 28.5 Å². The van der Waals surface area contributed by atoms with Crippen LogP contribution in [0.3, 0.4) is 0 Å². The van der Waals surface area contributed by atoms with Gasteiger partial charge in [-0.3, -0.25) is 0 Å². The second-order valence-corrected chi connectivity index (χ2v) is 7.83. The van der Waals surface area contributed by atoms with Crippen LogP contribution in [0.4, 0.5) is 5.69 Å². The number of methoxy groups -OCH3 is 2. The second-order valence-electron chi connectivity index (χ2n) is 7.83. The number of hydrogen-bond donors (Lipinski definition) is 0. The van der Waals surface area contributed by atoms with Crippen molar-refractivity contribution in [1.82, 2.24) is 0 Å². The normalized spacial score (nSPS) is 13.6. The molecule has 2 aromatic rings. The number of benzene rings is 2. The van der Waals surface area contributed by atoms with Crippen LogP contribution in [0, 0.1) is 13.8 Å². The molecule has 7 nitrogen and oxygen atoms in total. The minimum atomic E-state index is -0.708. The number of rotatable bonds is 8. The van der Waals surface area contributed by atoms with E-state index in [2.05, 4.69) is 0 Å². The number of aryl methyl sites for hydroxylation is 2. The largest absolute Gasteiger partial charge is 0.493 e. The van der Waals surface area contributed by atoms with Gasteiger partial charge in [0.05, 0.1) is 44.5 Å². The average Bonchev–Trinajstić information content (AvgIpc) is 2.84. The molecule has 0 unspecified atom stereocenters. The van der Waals surface area contributed by atoms with E-state index >= 15 is 0 Å². The summed E-state index contributed by atoms with van der Waals surface area (Å²) >= 11 is 0. The number of ether oxygens (including phenoxy) is 4. The Morgan fingerprint density at radius 3 is 1.88 bits per heavy atom. The maximum Gasteiger partial charge on any atom is 0.336 e. The number of anilines is 1. The average molecular weight is 466 g/mol. The van der Waals surface area contributed by atoms with Crippen LogP contribution in [0.15, 0.2) is 59.9 Å². The molecule has 0 aliphatic carbocycles. The van der Waals surface area contributed by atoms with Crippen LogP contribution >= 0.6 is 0 Å². The van der Waals surface area contributed by atoms with Gasteiger partial charge in [0.1, 0.15) is 0 Å². The molecular weight excluding hydrogens is 434 g/mol. The highest BCUT2D eigenvalue weighted by molar-refractivity contribution is 6.00. The van der Waals surface area contributed by atoms with Gasteiger partial charge in [0.15, 0.2) is 11.5 Å². The van der Waals surface area contributed by atoms with Crippen LogP contribution in [-0.2, 0) is 19.1 Å². The van der Waals surface area contributed by atoms with E-state index in [4.69, 9.17) is 18.9 Å². The molecule has 180 valence electrons. The van der Waals surface area contributed by atoms with Crippen LogP contribution in [0.25, 0.3) is 0 Å². The Labute approximate surface area is 200 Å². The van der Waals surface area contributed by atoms with Gasteiger partial charge in [0.2, 0.25) is 0 Å². The molecule has 0 spiro atoms. The lowest BCUT2D eigenvalue weighted by Crippen LogP contribution is -2.29. The van der Waals surface area contributed by atoms with E-state index in [9.17, 15) is 9.59 Å². The summed E-state index contributed by atoms with van der Waals surface area (Å²) < 4.78 is 21.6. The van der Waals surface area contributed by atoms with Gasteiger partial charge in [-0.05, 0) is 68.7 Å². The van der Waals surface area contributed by atoms with E-state index < -0.39 is 17.9 Å². The Kier molecular flexibility index (Phi) is 7.99. The smallest absolute Gasteiger partial charge is 0.336 e. The summed E-state index contributed by atoms with van der Waals surface area (Å²) in [4.78, 5) is 28.0. The molecule has 2 aromatic carbocycles. The highest BCUT2D eigenvalue weighted by Crippen LogP contribution is 2.41. The lowest BCUT2D eigenvalue weighted by atomic mass is 9.83. The fraction of sp³-hybridized carbons (Fsp3) is 0.333. The van der Waals surface area contributed by atoms with Crippen LogP contribution < -0.4 is 14.4 Å². The third-order valence-corrected chi connectivity index (χ3v) is 5.73. The Bertz CT molecular complexity index is 1100.